The summed E-state index contributed by atoms with van der Waals surface area (Å²) < 4.78 is 47.1. The van der Waals surface area contributed by atoms with Gasteiger partial charge in [0.05, 0.1) is 3.57 Å². The second-order valence-electron chi connectivity index (χ2n) is 33.6. The Morgan fingerprint density at radius 2 is 0.725 bits per heavy atom. The number of nitrogens with zero attached hydrogens (tertiary/aromatic N) is 3. The van der Waals surface area contributed by atoms with E-state index in [2.05, 4.69) is 67.2 Å². The molecule has 3 N–H and O–H groups in total. The summed E-state index contributed by atoms with van der Waals surface area (Å²) in [6.07, 6.45) is 17.1. The number of ether oxygens (including phenoxy) is 4. The molecule has 12 aromatic rings. The zero-order chi connectivity index (χ0) is 90.1. The van der Waals surface area contributed by atoms with Crippen LogP contribution < -0.4 is 31.1 Å². The predicted molar refractivity (Wildman–Crippen MR) is 526 cm³/mol. The van der Waals surface area contributed by atoms with Crippen molar-refractivity contribution in [3.63, 3.8) is 0 Å². The summed E-state index contributed by atoms with van der Waals surface area (Å²) in [4.78, 5) is 71.9. The molecule has 18 nitrogen and oxygen atoms in total. The van der Waals surface area contributed by atoms with Gasteiger partial charge < -0.3 is 42.8 Å². The minimum absolute atomic E-state index is 0. The van der Waals surface area contributed by atoms with Crippen LogP contribution in [0.4, 0.5) is 0 Å². The van der Waals surface area contributed by atoms with Gasteiger partial charge in [-0.1, -0.05) is 57.2 Å². The number of unbranched alkanes of at least 4 members (excludes halogenated alkanes) is 3. The van der Waals surface area contributed by atoms with Gasteiger partial charge in [0.2, 0.25) is 0 Å². The molecule has 3 aliphatic heterocycles. The largest absolute Gasteiger partial charge is 0.507 e. The van der Waals surface area contributed by atoms with Crippen LogP contribution in [0.3, 0.4) is 0 Å². The number of carbonyl (C=O) groups excluding carboxylic acids is 2. The molecule has 0 spiro atoms. The van der Waals surface area contributed by atoms with Gasteiger partial charge >= 0.3 is 136 Å². The van der Waals surface area contributed by atoms with Gasteiger partial charge in [0, 0.05) is 151 Å². The molecule has 0 saturated carbocycles. The summed E-state index contributed by atoms with van der Waals surface area (Å²) in [6.45, 7) is 34.4. The van der Waals surface area contributed by atoms with Crippen molar-refractivity contribution in [1.82, 2.24) is 14.7 Å². The summed E-state index contributed by atoms with van der Waals surface area (Å²) in [7, 11) is 0. The number of rotatable bonds is 35. The molecular weight excluding hydrogens is 2110 g/mol. The van der Waals surface area contributed by atoms with E-state index in [-0.39, 0.29) is 162 Å². The molecule has 3 aromatic heterocycles. The van der Waals surface area contributed by atoms with Crippen molar-refractivity contribution >= 4 is 97.8 Å². The van der Waals surface area contributed by atoms with Crippen molar-refractivity contribution in [1.29, 1.82) is 0 Å². The van der Waals surface area contributed by atoms with E-state index >= 15 is 0 Å². The third-order valence-electron chi connectivity index (χ3n) is 24.6. The molecule has 0 aliphatic carbocycles. The van der Waals surface area contributed by atoms with E-state index in [4.69, 9.17) is 32.2 Å². The second kappa shape index (κ2) is 54.3. The van der Waals surface area contributed by atoms with Gasteiger partial charge in [0.1, 0.15) is 65.4 Å². The fraction of sp³-hybridized carbons (Fsp3) is 0.374. The van der Waals surface area contributed by atoms with Gasteiger partial charge in [-0.15, -0.1) is 29.1 Å². The fourth-order valence-corrected chi connectivity index (χ4v) is 32.9. The number of hydrogen-bond donors (Lipinski definition) is 3. The number of phenolic OH excluding ortho intramolecular Hbond substituents is 3. The van der Waals surface area contributed by atoms with Crippen molar-refractivity contribution in [2.24, 2.45) is 0 Å². The van der Waals surface area contributed by atoms with Crippen molar-refractivity contribution in [3.05, 3.63) is 288 Å². The first-order chi connectivity index (χ1) is 61.5. The van der Waals surface area contributed by atoms with Crippen LogP contribution in [0.1, 0.15) is 189 Å². The van der Waals surface area contributed by atoms with Gasteiger partial charge in [-0.25, -0.2) is 14.4 Å². The summed E-state index contributed by atoms with van der Waals surface area (Å²) in [6, 6.07) is 59.3. The number of carbonyl (C=O) groups is 2. The molecule has 6 heterocycles. The van der Waals surface area contributed by atoms with Gasteiger partial charge in [0.25, 0.3) is 0 Å². The minimum Gasteiger partial charge on any atom is -0.507 e. The molecule has 3 saturated heterocycles. The zero-order valence-electron chi connectivity index (χ0n) is 77.3. The molecule has 3 fully saturated rings. The van der Waals surface area contributed by atoms with Crippen LogP contribution in [0, 0.1) is 42.5 Å². The third kappa shape index (κ3) is 29.0. The van der Waals surface area contributed by atoms with Crippen molar-refractivity contribution in [3.8, 4) is 67.9 Å². The molecule has 0 amide bonds. The van der Waals surface area contributed by atoms with Gasteiger partial charge in [-0.05, 0) is 240 Å². The smallest absolute Gasteiger partial charge is 0.342 e. The summed E-state index contributed by atoms with van der Waals surface area (Å²) in [5.41, 5.74) is 11.1. The molecule has 24 heteroatoms. The standard InChI is InChI=1S/2C31H30NO5.C29H27INO4.C4H7O.3C4H9.ClH.Sn.3Y/c2*1-20-7-3-4-8-24(20)29-26(25-13-14-27(34)28(21(2)33)30(25)37-31(29)35)19-22-9-11-23(12-10-22)36-18-17-32-15-5-6-16-32;1-19-6-2-3-7-22(19)26-24(23-12-13-25(32)27(30)28(23)35-29(26)33)18-20-8-10-21(11-9-20)34-17-16-31-14-4-5-15-31;1-3-5-4-2;3*1-3-4-2;;;;;/h2*4,7-14,34H,5-6,15-19H2,1-2H3;3,6-13,32H,4-5,14-18H2,1H3;1,4H2,2H3;3*1,3-4H2,2H3;1H;;;;/q3*-1;;;;;;;;;. The van der Waals surface area contributed by atoms with Gasteiger partial charge in [-0.3, -0.25) is 24.3 Å². The first kappa shape index (κ1) is 110. The van der Waals surface area contributed by atoms with Crippen molar-refractivity contribution < 1.29 is 155 Å². The van der Waals surface area contributed by atoms with Crippen LogP contribution in [-0.4, -0.2) is 145 Å². The summed E-state index contributed by atoms with van der Waals surface area (Å²) >= 11 is -0.220. The molecule has 3 aliphatic rings. The van der Waals surface area contributed by atoms with Crippen LogP contribution in [0.2, 0.25) is 13.3 Å². The van der Waals surface area contributed by atoms with E-state index in [1.54, 1.807) is 30.3 Å². The van der Waals surface area contributed by atoms with E-state index in [1.807, 2.05) is 165 Å². The molecule has 15 rings (SSSR count). The molecular formula is C107H122ClIN3O15SnY3-3. The van der Waals surface area contributed by atoms with Crippen LogP contribution in [0.5, 0.6) is 34.5 Å². The van der Waals surface area contributed by atoms with Crippen molar-refractivity contribution in [2.45, 2.75) is 172 Å². The van der Waals surface area contributed by atoms with E-state index in [1.165, 1.54) is 133 Å². The SMILES string of the molecule is C=[C](OCC)[Sn]([CH2]CCC)([CH2]CCC)[CH2]CCC.CC(=O)c1c(O)ccc2c(Cc3ccc(OCCN4CCCC4)cc3)c(-c3cc[c-]cc3C)c(=O)oc12.CC(=O)c1c(O)ccc2c(Cc3ccc(OCCN4CCCC4)cc3)c(-c3cc[c-]cc3C)c(=O)oc12.Cc1c[c-]ccc1-c1c(Cc2ccc(OCCN3CCCC3)cc2)c2ccc(O)c(I)c2oc1=O.Cl.[Y].[Y].[Y]. The molecule has 0 atom stereocenters. The summed E-state index contributed by atoms with van der Waals surface area (Å²) in [5, 5.41) is 33.0. The normalized spacial score (nSPS) is 13.1. The molecule has 0 unspecified atom stereocenters. The minimum atomic E-state index is -2.24. The third-order valence-corrected chi connectivity index (χ3v) is 40.7. The number of aryl methyl sites for hydroxylation is 3. The Morgan fingerprint density at radius 3 is 1.01 bits per heavy atom. The van der Waals surface area contributed by atoms with Gasteiger partial charge in [-0.2, -0.15) is 89.5 Å². The Bertz CT molecular complexity index is 5720. The average molecular weight is 2240 g/mol. The number of benzene rings is 9. The van der Waals surface area contributed by atoms with Crippen molar-refractivity contribution in [2.75, 3.05) is 85.3 Å². The molecule has 3 radical (unpaired) electrons. The number of fused-ring (bicyclic) bond motifs is 3. The quantitative estimate of drug-likeness (QED) is 0.00837. The maximum absolute atomic E-state index is 13.4. The topological polar surface area (TPSA) is 232 Å². The Hall–Kier alpha value is -6.70. The Labute approximate surface area is 871 Å². The number of ketones is 2. The molecule has 131 heavy (non-hydrogen) atoms. The number of hydrogen-bond acceptors (Lipinski definition) is 18. The average Bonchev–Trinajstić information content (AvgIpc) is 1.38. The molecule has 9 aromatic carbocycles. The predicted octanol–water partition coefficient (Wildman–Crippen LogP) is 23.4. The Morgan fingerprint density at radius 1 is 0.435 bits per heavy atom. The monoisotopic (exact) mass is 2240 g/mol. The Balaban J connectivity index is 0.000000219. The van der Waals surface area contributed by atoms with E-state index in [0.29, 0.717) is 75.7 Å². The van der Waals surface area contributed by atoms with E-state index in [9.17, 15) is 39.3 Å². The number of likely N-dealkylation sites (tertiary alicyclic amines) is 3. The van der Waals surface area contributed by atoms with Crippen LogP contribution >= 0.6 is 35.0 Å². The molecule has 0 bridgehead atoms. The maximum atomic E-state index is 13.4. The van der Waals surface area contributed by atoms with Crippen LogP contribution in [0.25, 0.3) is 66.3 Å². The number of halogens is 2. The number of phenols is 3. The van der Waals surface area contributed by atoms with E-state index < -0.39 is 35.3 Å². The fourth-order valence-electron chi connectivity index (χ4n) is 17.6. The first-order valence-corrected chi connectivity index (χ1v) is 53.8. The van der Waals surface area contributed by atoms with Gasteiger partial charge in [0.15, 0.2) is 28.3 Å². The first-order valence-electron chi connectivity index (χ1n) is 45.2. The zero-order valence-corrected chi connectivity index (χ0v) is 91.7. The summed E-state index contributed by atoms with van der Waals surface area (Å²) in [5.74, 6) is 1.40. The van der Waals surface area contributed by atoms with Crippen LogP contribution in [-0.2, 0) is 122 Å². The van der Waals surface area contributed by atoms with Crippen LogP contribution in [0.15, 0.2) is 202 Å². The number of aromatic hydroxyl groups is 3. The molecule has 685 valence electrons. The Kier molecular flexibility index (Phi) is 45.4. The number of Topliss-reactive ketones (excluding diaryl/α,β-unsaturated/α-hetero) is 2. The van der Waals surface area contributed by atoms with E-state index in [0.717, 1.165) is 142 Å². The second-order valence-corrected chi connectivity index (χ2v) is 47.9. The maximum Gasteiger partial charge on any atom is 0.342 e.